The second kappa shape index (κ2) is 23.1. The van der Waals surface area contributed by atoms with Gasteiger partial charge < -0.3 is 11.5 Å². The van der Waals surface area contributed by atoms with Crippen molar-refractivity contribution in [1.82, 2.24) is 0 Å². The highest BCUT2D eigenvalue weighted by molar-refractivity contribution is 8.76. The van der Waals surface area contributed by atoms with E-state index in [1.54, 1.807) is 0 Å². The van der Waals surface area contributed by atoms with Gasteiger partial charge in [-0.05, 0) is 12.2 Å². The van der Waals surface area contributed by atoms with Crippen LogP contribution in [-0.4, -0.2) is 30.3 Å². The minimum absolute atomic E-state index is 0. The van der Waals surface area contributed by atoms with Crippen molar-refractivity contribution in [3.8, 4) is 0 Å². The highest BCUT2D eigenvalue weighted by Crippen LogP contribution is 2.18. The topological polar surface area (TPSA) is 53.7 Å². The zero-order valence-corrected chi connectivity index (χ0v) is 10.3. The second-order valence-corrected chi connectivity index (χ2v) is 5.16. The maximum absolute atomic E-state index is 5.26. The van der Waals surface area contributed by atoms with Gasteiger partial charge in [0.15, 0.2) is 0 Å². The van der Waals surface area contributed by atoms with Crippen molar-refractivity contribution in [2.24, 2.45) is 5.73 Å². The standard InChI is InChI=1S/C4H12N2S2.C3H8S.CH4/c5-1-3-7-8-4-2-6;1-2-3-4;/h1-6H2;4H,2-3H2,1H3;1H4/p+1. The van der Waals surface area contributed by atoms with Crippen molar-refractivity contribution in [3.05, 3.63) is 0 Å². The van der Waals surface area contributed by atoms with Crippen LogP contribution in [-0.2, 0) is 0 Å². The zero-order valence-electron chi connectivity index (χ0n) is 7.79. The predicted octanol–water partition coefficient (Wildman–Crippen LogP) is 1.53. The molecule has 5 heteroatoms. The van der Waals surface area contributed by atoms with Crippen LogP contribution in [0.25, 0.3) is 0 Å². The Balaban J connectivity index is -0.000000173. The first-order valence-electron chi connectivity index (χ1n) is 4.18. The Morgan fingerprint density at radius 1 is 1.31 bits per heavy atom. The lowest BCUT2D eigenvalue weighted by molar-refractivity contribution is -0.360. The van der Waals surface area contributed by atoms with E-state index in [0.29, 0.717) is 0 Å². The molecule has 2 nitrogen and oxygen atoms in total. The van der Waals surface area contributed by atoms with E-state index < -0.39 is 0 Å². The lowest BCUT2D eigenvalue weighted by atomic mass is 10.6. The molecule has 0 spiro atoms. The van der Waals surface area contributed by atoms with E-state index in [1.807, 2.05) is 21.6 Å². The van der Waals surface area contributed by atoms with Crippen LogP contribution in [0.5, 0.6) is 0 Å². The summed E-state index contributed by atoms with van der Waals surface area (Å²) in [7, 11) is 3.68. The molecule has 0 aliphatic rings. The largest absolute Gasteiger partial charge is 0.357 e. The van der Waals surface area contributed by atoms with Gasteiger partial charge in [0.05, 0.1) is 12.3 Å². The van der Waals surface area contributed by atoms with Gasteiger partial charge >= 0.3 is 0 Å². The summed E-state index contributed by atoms with van der Waals surface area (Å²) in [5.41, 5.74) is 8.98. The van der Waals surface area contributed by atoms with Gasteiger partial charge in [0.2, 0.25) is 0 Å². The van der Waals surface area contributed by atoms with Crippen molar-refractivity contribution >= 4 is 34.2 Å². The van der Waals surface area contributed by atoms with E-state index in [1.165, 1.54) is 6.42 Å². The van der Waals surface area contributed by atoms with E-state index in [9.17, 15) is 0 Å². The molecule has 0 unspecified atom stereocenters. The van der Waals surface area contributed by atoms with Crippen molar-refractivity contribution < 1.29 is 5.73 Å². The van der Waals surface area contributed by atoms with Crippen LogP contribution in [0, 0.1) is 0 Å². The minimum atomic E-state index is 0. The first kappa shape index (κ1) is 19.5. The maximum Gasteiger partial charge on any atom is 0.0840 e. The molecule has 0 heterocycles. The van der Waals surface area contributed by atoms with Gasteiger partial charge in [0.25, 0.3) is 0 Å². The third-order valence-electron chi connectivity index (χ3n) is 0.736. The molecule has 0 radical (unpaired) electrons. The highest BCUT2D eigenvalue weighted by atomic mass is 33.1. The summed E-state index contributed by atoms with van der Waals surface area (Å²) in [4.78, 5) is 0. The zero-order chi connectivity index (χ0) is 9.66. The van der Waals surface area contributed by atoms with Gasteiger partial charge in [-0.2, -0.15) is 12.6 Å². The van der Waals surface area contributed by atoms with Crippen molar-refractivity contribution in [2.75, 3.05) is 30.3 Å². The SMILES string of the molecule is C.CCCS.NCCSSCC[NH3+]. The van der Waals surface area contributed by atoms with Gasteiger partial charge in [-0.15, -0.1) is 0 Å². The molecule has 5 N–H and O–H groups in total. The Hall–Kier alpha value is 0.970. The summed E-state index contributed by atoms with van der Waals surface area (Å²) in [5.74, 6) is 3.22. The van der Waals surface area contributed by atoms with Crippen LogP contribution >= 0.6 is 34.2 Å². The molecule has 13 heavy (non-hydrogen) atoms. The second-order valence-electron chi connectivity index (χ2n) is 2.01. The van der Waals surface area contributed by atoms with Crippen molar-refractivity contribution in [1.29, 1.82) is 0 Å². The molecule has 0 aromatic rings. The fraction of sp³-hybridized carbons (Fsp3) is 1.00. The number of thiol groups is 1. The lowest BCUT2D eigenvalue weighted by Gasteiger charge is -1.92. The highest BCUT2D eigenvalue weighted by Gasteiger charge is 1.85. The van der Waals surface area contributed by atoms with Gasteiger partial charge in [-0.1, -0.05) is 35.9 Å². The van der Waals surface area contributed by atoms with E-state index in [4.69, 9.17) is 5.73 Å². The molecule has 0 aliphatic heterocycles. The number of rotatable bonds is 6. The van der Waals surface area contributed by atoms with E-state index >= 15 is 0 Å². The van der Waals surface area contributed by atoms with Crippen LogP contribution in [0.2, 0.25) is 0 Å². The number of hydrogen-bond donors (Lipinski definition) is 3. The molecule has 0 aromatic carbocycles. The first-order chi connectivity index (χ1) is 5.83. The molecule has 0 aliphatic carbocycles. The smallest absolute Gasteiger partial charge is 0.0840 e. The van der Waals surface area contributed by atoms with Gasteiger partial charge in [0, 0.05) is 12.3 Å². The molecule has 0 atom stereocenters. The summed E-state index contributed by atoms with van der Waals surface area (Å²) >= 11 is 3.92. The maximum atomic E-state index is 5.26. The van der Waals surface area contributed by atoms with Gasteiger partial charge in [0.1, 0.15) is 0 Å². The van der Waals surface area contributed by atoms with Crippen LogP contribution in [0.1, 0.15) is 20.8 Å². The summed E-state index contributed by atoms with van der Waals surface area (Å²) in [6.07, 6.45) is 1.18. The molecule has 0 rings (SSSR count). The number of nitrogens with two attached hydrogens (primary N) is 1. The Labute approximate surface area is 96.8 Å². The van der Waals surface area contributed by atoms with Gasteiger partial charge in [-0.25, -0.2) is 0 Å². The minimum Gasteiger partial charge on any atom is -0.357 e. The Bertz CT molecular complexity index is 57.4. The molecule has 0 fully saturated rings. The predicted molar refractivity (Wildman–Crippen MR) is 72.6 cm³/mol. The molecule has 0 saturated heterocycles. The molecule has 0 saturated carbocycles. The van der Waals surface area contributed by atoms with Gasteiger partial charge in [-0.3, -0.25) is 0 Å². The fourth-order valence-corrected chi connectivity index (χ4v) is 2.02. The van der Waals surface area contributed by atoms with E-state index in [-0.39, 0.29) is 7.43 Å². The first-order valence-corrected chi connectivity index (χ1v) is 7.30. The number of quaternary nitrogens is 1. The Kier molecular flexibility index (Phi) is 34.7. The molecule has 0 amide bonds. The van der Waals surface area contributed by atoms with Crippen LogP contribution < -0.4 is 11.5 Å². The quantitative estimate of drug-likeness (QED) is 0.378. The molecule has 0 aromatic heterocycles. The van der Waals surface area contributed by atoms with Crippen LogP contribution in [0.3, 0.4) is 0 Å². The van der Waals surface area contributed by atoms with Crippen LogP contribution in [0.15, 0.2) is 0 Å². The summed E-state index contributed by atoms with van der Waals surface area (Å²) in [6.45, 7) is 3.91. The van der Waals surface area contributed by atoms with E-state index in [2.05, 4.69) is 25.3 Å². The average Bonchev–Trinajstić information content (AvgIpc) is 2.13. The van der Waals surface area contributed by atoms with Crippen molar-refractivity contribution in [3.63, 3.8) is 0 Å². The monoisotopic (exact) mass is 245 g/mol. The number of hydrogen-bond acceptors (Lipinski definition) is 4. The van der Waals surface area contributed by atoms with E-state index in [0.717, 1.165) is 30.3 Å². The third-order valence-corrected chi connectivity index (χ3v) is 3.71. The van der Waals surface area contributed by atoms with Crippen LogP contribution in [0.4, 0.5) is 0 Å². The summed E-state index contributed by atoms with van der Waals surface area (Å²) in [6, 6.07) is 0. The molecular formula is C8H25N2S3+. The van der Waals surface area contributed by atoms with Crippen molar-refractivity contribution in [2.45, 2.75) is 20.8 Å². The Morgan fingerprint density at radius 3 is 2.08 bits per heavy atom. The Morgan fingerprint density at radius 2 is 1.77 bits per heavy atom. The normalized spacial score (nSPS) is 8.31. The summed E-state index contributed by atoms with van der Waals surface area (Å²) < 4.78 is 0. The average molecular weight is 246 g/mol. The summed E-state index contributed by atoms with van der Waals surface area (Å²) in [5, 5.41) is 0. The molecular weight excluding hydrogens is 220 g/mol. The molecule has 0 bridgehead atoms. The fourth-order valence-electron chi connectivity index (χ4n) is 0.225. The lowest BCUT2D eigenvalue weighted by Crippen LogP contribution is -2.51. The third kappa shape index (κ3) is 32.1. The molecule has 84 valence electrons.